The Morgan fingerprint density at radius 2 is 1.89 bits per heavy atom. The average Bonchev–Trinajstić information content (AvgIpc) is 2.38. The van der Waals surface area contributed by atoms with Crippen molar-refractivity contribution in [1.82, 2.24) is 5.32 Å². The zero-order valence-corrected chi connectivity index (χ0v) is 10.7. The topological polar surface area (TPSA) is 127 Å². The molecule has 0 aliphatic heterocycles. The van der Waals surface area contributed by atoms with Gasteiger partial charge < -0.3 is 22.1 Å². The number of rotatable bonds is 5. The summed E-state index contributed by atoms with van der Waals surface area (Å²) in [4.78, 5) is 33.4. The van der Waals surface area contributed by atoms with Crippen molar-refractivity contribution in [2.24, 2.45) is 11.5 Å². The van der Waals surface area contributed by atoms with E-state index in [2.05, 4.69) is 10.6 Å². The van der Waals surface area contributed by atoms with Crippen LogP contribution in [0.4, 0.5) is 5.69 Å². The standard InChI is InChI=1S/C11H13ClN4O3/c12-7-2-1-6(11(14)19)3-8(7)16-10(18)5-15-9(17)4-13/h1-3H,4-5,13H2,(H2,14,19)(H,15,17)(H,16,18). The molecule has 8 heteroatoms. The van der Waals surface area contributed by atoms with Gasteiger partial charge in [-0.05, 0) is 18.2 Å². The molecule has 0 aromatic heterocycles. The van der Waals surface area contributed by atoms with Gasteiger partial charge in [-0.2, -0.15) is 0 Å². The third-order valence-electron chi connectivity index (χ3n) is 2.16. The van der Waals surface area contributed by atoms with Crippen LogP contribution in [0, 0.1) is 0 Å². The molecule has 3 amide bonds. The minimum Gasteiger partial charge on any atom is -0.366 e. The Balaban J connectivity index is 2.70. The van der Waals surface area contributed by atoms with Crippen molar-refractivity contribution in [3.05, 3.63) is 28.8 Å². The molecule has 6 N–H and O–H groups in total. The maximum atomic E-state index is 11.5. The van der Waals surface area contributed by atoms with Gasteiger partial charge in [0.05, 0.1) is 23.8 Å². The smallest absolute Gasteiger partial charge is 0.248 e. The zero-order chi connectivity index (χ0) is 14.4. The molecule has 0 radical (unpaired) electrons. The van der Waals surface area contributed by atoms with Crippen LogP contribution in [0.5, 0.6) is 0 Å². The van der Waals surface area contributed by atoms with Crippen molar-refractivity contribution in [3.8, 4) is 0 Å². The summed E-state index contributed by atoms with van der Waals surface area (Å²) in [6, 6.07) is 4.24. The van der Waals surface area contributed by atoms with Gasteiger partial charge in [-0.3, -0.25) is 14.4 Å². The number of nitrogens with two attached hydrogens (primary N) is 2. The number of carbonyl (C=O) groups excluding carboxylic acids is 3. The molecule has 0 aliphatic carbocycles. The van der Waals surface area contributed by atoms with Crippen LogP contribution in [0.25, 0.3) is 0 Å². The molecular formula is C11H13ClN4O3. The second-order valence-electron chi connectivity index (χ2n) is 3.59. The van der Waals surface area contributed by atoms with E-state index in [1.54, 1.807) is 0 Å². The predicted molar refractivity (Wildman–Crippen MR) is 70.7 cm³/mol. The van der Waals surface area contributed by atoms with Crippen molar-refractivity contribution >= 4 is 35.0 Å². The van der Waals surface area contributed by atoms with E-state index in [1.165, 1.54) is 18.2 Å². The number of hydrogen-bond acceptors (Lipinski definition) is 4. The molecule has 102 valence electrons. The van der Waals surface area contributed by atoms with Crippen molar-refractivity contribution in [1.29, 1.82) is 0 Å². The Morgan fingerprint density at radius 1 is 1.21 bits per heavy atom. The first-order chi connectivity index (χ1) is 8.93. The van der Waals surface area contributed by atoms with Crippen molar-refractivity contribution in [2.75, 3.05) is 18.4 Å². The summed E-state index contributed by atoms with van der Waals surface area (Å²) >= 11 is 5.86. The molecule has 0 saturated heterocycles. The normalized spacial score (nSPS) is 9.79. The van der Waals surface area contributed by atoms with Crippen LogP contribution in [-0.2, 0) is 9.59 Å². The average molecular weight is 285 g/mol. The van der Waals surface area contributed by atoms with E-state index in [1.807, 2.05) is 0 Å². The minimum absolute atomic E-state index is 0.203. The molecular weight excluding hydrogens is 272 g/mol. The molecule has 0 fully saturated rings. The number of carbonyl (C=O) groups is 3. The molecule has 0 heterocycles. The van der Waals surface area contributed by atoms with E-state index in [4.69, 9.17) is 23.1 Å². The SMILES string of the molecule is NCC(=O)NCC(=O)Nc1cc(C(N)=O)ccc1Cl. The number of amides is 3. The van der Waals surface area contributed by atoms with Crippen molar-refractivity contribution < 1.29 is 14.4 Å². The van der Waals surface area contributed by atoms with Crippen LogP contribution in [0.1, 0.15) is 10.4 Å². The molecule has 0 bridgehead atoms. The van der Waals surface area contributed by atoms with Crippen LogP contribution >= 0.6 is 11.6 Å². The summed E-state index contributed by atoms with van der Waals surface area (Å²) < 4.78 is 0. The second kappa shape index (κ2) is 6.72. The fraction of sp³-hybridized carbons (Fsp3) is 0.182. The predicted octanol–water partition coefficient (Wildman–Crippen LogP) is -0.548. The summed E-state index contributed by atoms with van der Waals surface area (Å²) in [6.45, 7) is -0.446. The molecule has 0 spiro atoms. The highest BCUT2D eigenvalue weighted by atomic mass is 35.5. The fourth-order valence-corrected chi connectivity index (χ4v) is 1.38. The van der Waals surface area contributed by atoms with Crippen LogP contribution < -0.4 is 22.1 Å². The Bertz CT molecular complexity index is 519. The zero-order valence-electron chi connectivity index (χ0n) is 9.90. The van der Waals surface area contributed by atoms with Crippen LogP contribution in [0.15, 0.2) is 18.2 Å². The Kier molecular flexibility index (Phi) is 5.28. The van der Waals surface area contributed by atoms with E-state index in [9.17, 15) is 14.4 Å². The number of hydrogen-bond donors (Lipinski definition) is 4. The fourth-order valence-electron chi connectivity index (χ4n) is 1.22. The van der Waals surface area contributed by atoms with Gasteiger partial charge in [0, 0.05) is 5.56 Å². The van der Waals surface area contributed by atoms with Gasteiger partial charge in [-0.15, -0.1) is 0 Å². The highest BCUT2D eigenvalue weighted by Crippen LogP contribution is 2.22. The number of primary amides is 1. The summed E-state index contributed by atoms with van der Waals surface area (Å²) in [5, 5.41) is 5.00. The first-order valence-electron chi connectivity index (χ1n) is 5.30. The van der Waals surface area contributed by atoms with Gasteiger partial charge in [0.15, 0.2) is 0 Å². The highest BCUT2D eigenvalue weighted by Gasteiger charge is 2.09. The maximum absolute atomic E-state index is 11.5. The molecule has 7 nitrogen and oxygen atoms in total. The molecule has 1 aromatic carbocycles. The summed E-state index contributed by atoms with van der Waals surface area (Å²) in [5.74, 6) is -1.58. The van der Waals surface area contributed by atoms with E-state index in [-0.39, 0.29) is 29.4 Å². The molecule has 19 heavy (non-hydrogen) atoms. The van der Waals surface area contributed by atoms with Crippen molar-refractivity contribution in [2.45, 2.75) is 0 Å². The molecule has 1 rings (SSSR count). The van der Waals surface area contributed by atoms with E-state index in [0.717, 1.165) is 0 Å². The molecule has 0 atom stereocenters. The summed E-state index contributed by atoms with van der Waals surface area (Å²) in [6.07, 6.45) is 0. The van der Waals surface area contributed by atoms with Gasteiger partial charge in [0.2, 0.25) is 17.7 Å². The number of anilines is 1. The van der Waals surface area contributed by atoms with Gasteiger partial charge >= 0.3 is 0 Å². The first-order valence-corrected chi connectivity index (χ1v) is 5.67. The largest absolute Gasteiger partial charge is 0.366 e. The lowest BCUT2D eigenvalue weighted by molar-refractivity contribution is -0.123. The summed E-state index contributed by atoms with van der Waals surface area (Å²) in [5.41, 5.74) is 10.6. The van der Waals surface area contributed by atoms with Gasteiger partial charge in [-0.25, -0.2) is 0 Å². The van der Waals surface area contributed by atoms with Gasteiger partial charge in [0.1, 0.15) is 0 Å². The third kappa shape index (κ3) is 4.57. The van der Waals surface area contributed by atoms with Gasteiger partial charge in [0.25, 0.3) is 0 Å². The lowest BCUT2D eigenvalue weighted by Crippen LogP contribution is -2.36. The molecule has 0 unspecified atom stereocenters. The number of halogens is 1. The monoisotopic (exact) mass is 284 g/mol. The van der Waals surface area contributed by atoms with E-state index in [0.29, 0.717) is 0 Å². The molecule has 1 aromatic rings. The van der Waals surface area contributed by atoms with Crippen LogP contribution in [0.2, 0.25) is 5.02 Å². The number of benzene rings is 1. The van der Waals surface area contributed by atoms with Crippen LogP contribution in [-0.4, -0.2) is 30.8 Å². The summed E-state index contributed by atoms with van der Waals surface area (Å²) in [7, 11) is 0. The first kappa shape index (κ1) is 14.9. The van der Waals surface area contributed by atoms with Crippen LogP contribution in [0.3, 0.4) is 0 Å². The Hall–Kier alpha value is -2.12. The van der Waals surface area contributed by atoms with E-state index < -0.39 is 17.7 Å². The molecule has 0 saturated carbocycles. The highest BCUT2D eigenvalue weighted by molar-refractivity contribution is 6.33. The maximum Gasteiger partial charge on any atom is 0.248 e. The molecule has 0 aliphatic rings. The quantitative estimate of drug-likeness (QED) is 0.578. The Morgan fingerprint density at radius 3 is 2.47 bits per heavy atom. The Labute approximate surface area is 114 Å². The van der Waals surface area contributed by atoms with Crippen molar-refractivity contribution in [3.63, 3.8) is 0 Å². The number of nitrogens with one attached hydrogen (secondary N) is 2. The minimum atomic E-state index is -0.636. The lowest BCUT2D eigenvalue weighted by Gasteiger charge is -2.09. The van der Waals surface area contributed by atoms with E-state index >= 15 is 0 Å². The second-order valence-corrected chi connectivity index (χ2v) is 4.00. The third-order valence-corrected chi connectivity index (χ3v) is 2.49. The lowest BCUT2D eigenvalue weighted by atomic mass is 10.2. The van der Waals surface area contributed by atoms with Gasteiger partial charge in [-0.1, -0.05) is 11.6 Å².